The molecule has 2 aromatic rings. The Labute approximate surface area is 150 Å². The minimum Gasteiger partial charge on any atom is -0.326 e. The van der Waals surface area contributed by atoms with Crippen LogP contribution in [0.15, 0.2) is 42.5 Å². The summed E-state index contributed by atoms with van der Waals surface area (Å²) in [4.78, 5) is 26.2. The minimum atomic E-state index is -1.02. The van der Waals surface area contributed by atoms with Crippen molar-refractivity contribution in [3.63, 3.8) is 0 Å². The first-order valence-corrected chi connectivity index (χ1v) is 8.52. The number of amides is 2. The second-order valence-electron chi connectivity index (χ2n) is 6.74. The van der Waals surface area contributed by atoms with Gasteiger partial charge >= 0.3 is 0 Å². The van der Waals surface area contributed by atoms with Gasteiger partial charge in [0, 0.05) is 30.4 Å². The molecule has 1 atom stereocenters. The van der Waals surface area contributed by atoms with E-state index < -0.39 is 17.6 Å². The Hall–Kier alpha value is -2.76. The van der Waals surface area contributed by atoms with Crippen LogP contribution in [0, 0.1) is 17.6 Å². The van der Waals surface area contributed by atoms with Gasteiger partial charge in [-0.05, 0) is 29.7 Å². The molecular formula is C20H20F2N2O2. The second kappa shape index (κ2) is 7.23. The molecule has 0 saturated carbocycles. The van der Waals surface area contributed by atoms with Crippen LogP contribution in [0.25, 0.3) is 0 Å². The van der Waals surface area contributed by atoms with E-state index in [2.05, 4.69) is 5.32 Å². The van der Waals surface area contributed by atoms with Crippen molar-refractivity contribution >= 4 is 23.2 Å². The van der Waals surface area contributed by atoms with E-state index in [4.69, 9.17) is 0 Å². The van der Waals surface area contributed by atoms with E-state index in [0.29, 0.717) is 0 Å². The lowest BCUT2D eigenvalue weighted by atomic mass is 10.0. The molecule has 0 aliphatic carbocycles. The lowest BCUT2D eigenvalue weighted by Gasteiger charge is -2.18. The number of halogens is 2. The van der Waals surface area contributed by atoms with Crippen molar-refractivity contribution in [3.8, 4) is 0 Å². The maximum atomic E-state index is 13.4. The van der Waals surface area contributed by atoms with Gasteiger partial charge in [0.1, 0.15) is 0 Å². The fraction of sp³-hybridized carbons (Fsp3) is 0.300. The van der Waals surface area contributed by atoms with Crippen LogP contribution in [0.2, 0.25) is 0 Å². The summed E-state index contributed by atoms with van der Waals surface area (Å²) in [5, 5.41) is 2.89. The van der Waals surface area contributed by atoms with Crippen molar-refractivity contribution in [2.24, 2.45) is 5.92 Å². The summed E-state index contributed by atoms with van der Waals surface area (Å²) in [7, 11) is 0. The van der Waals surface area contributed by atoms with Gasteiger partial charge in [-0.25, -0.2) is 8.78 Å². The van der Waals surface area contributed by atoms with E-state index >= 15 is 0 Å². The summed E-state index contributed by atoms with van der Waals surface area (Å²) in [5.74, 6) is -2.83. The van der Waals surface area contributed by atoms with Crippen LogP contribution in [0.1, 0.15) is 31.7 Å². The highest BCUT2D eigenvalue weighted by Crippen LogP contribution is 2.29. The molecule has 0 spiro atoms. The Morgan fingerprint density at radius 1 is 1.15 bits per heavy atom. The number of nitrogens with one attached hydrogen (secondary N) is 1. The lowest BCUT2D eigenvalue weighted by Crippen LogP contribution is -2.28. The van der Waals surface area contributed by atoms with Gasteiger partial charge in [-0.1, -0.05) is 32.0 Å². The zero-order valence-electron chi connectivity index (χ0n) is 14.6. The first kappa shape index (κ1) is 18.0. The molecule has 3 rings (SSSR count). The predicted molar refractivity (Wildman–Crippen MR) is 96.0 cm³/mol. The number of carbonyl (C=O) groups is 2. The summed E-state index contributed by atoms with van der Waals surface area (Å²) in [6, 6.07) is 10.8. The molecule has 1 N–H and O–H groups in total. The molecule has 1 unspecified atom stereocenters. The van der Waals surface area contributed by atoms with E-state index in [0.717, 1.165) is 23.4 Å². The van der Waals surface area contributed by atoms with Gasteiger partial charge in [0.25, 0.3) is 0 Å². The van der Waals surface area contributed by atoms with Crippen LogP contribution >= 0.6 is 0 Å². The quantitative estimate of drug-likeness (QED) is 0.895. The van der Waals surface area contributed by atoms with Crippen LogP contribution < -0.4 is 10.2 Å². The Balaban J connectivity index is 1.74. The molecule has 0 aromatic heterocycles. The topological polar surface area (TPSA) is 49.4 Å². The molecular weight excluding hydrogens is 338 g/mol. The fourth-order valence-electron chi connectivity index (χ4n) is 3.13. The predicted octanol–water partition coefficient (Wildman–Crippen LogP) is 4.08. The molecule has 0 radical (unpaired) electrons. The van der Waals surface area contributed by atoms with E-state index in [9.17, 15) is 18.4 Å². The SMILES string of the molecule is CC(C)c1ccccc1NC(=O)C1CC(=O)N(c2ccc(F)c(F)c2)C1. The van der Waals surface area contributed by atoms with Crippen LogP contribution in [-0.2, 0) is 9.59 Å². The Morgan fingerprint density at radius 3 is 2.58 bits per heavy atom. The molecule has 1 aliphatic heterocycles. The molecule has 1 aliphatic rings. The van der Waals surface area contributed by atoms with Crippen LogP contribution in [0.5, 0.6) is 0 Å². The number of hydrogen-bond acceptors (Lipinski definition) is 2. The lowest BCUT2D eigenvalue weighted by molar-refractivity contribution is -0.122. The third-order valence-electron chi connectivity index (χ3n) is 4.55. The Kier molecular flexibility index (Phi) is 5.02. The molecule has 2 amide bonds. The summed E-state index contributed by atoms with van der Waals surface area (Å²) in [6.45, 7) is 4.21. The largest absolute Gasteiger partial charge is 0.326 e. The second-order valence-corrected chi connectivity index (χ2v) is 6.74. The van der Waals surface area contributed by atoms with Gasteiger partial charge in [-0.2, -0.15) is 0 Å². The van der Waals surface area contributed by atoms with E-state index in [1.807, 2.05) is 38.1 Å². The van der Waals surface area contributed by atoms with Crippen LogP contribution in [0.3, 0.4) is 0 Å². The highest BCUT2D eigenvalue weighted by atomic mass is 19.2. The molecule has 4 nitrogen and oxygen atoms in total. The zero-order valence-corrected chi connectivity index (χ0v) is 14.6. The minimum absolute atomic E-state index is 0.0364. The summed E-state index contributed by atoms with van der Waals surface area (Å²) in [6.07, 6.45) is 0.0364. The number of hydrogen-bond donors (Lipinski definition) is 1. The van der Waals surface area contributed by atoms with E-state index in [1.54, 1.807) is 0 Å². The average Bonchev–Trinajstić information content (AvgIpc) is 2.99. The highest BCUT2D eigenvalue weighted by molar-refractivity contribution is 6.03. The zero-order chi connectivity index (χ0) is 18.8. The van der Waals surface area contributed by atoms with Crippen molar-refractivity contribution < 1.29 is 18.4 Å². The third-order valence-corrected chi connectivity index (χ3v) is 4.55. The monoisotopic (exact) mass is 358 g/mol. The van der Waals surface area contributed by atoms with Crippen LogP contribution in [0.4, 0.5) is 20.2 Å². The fourth-order valence-corrected chi connectivity index (χ4v) is 3.13. The maximum absolute atomic E-state index is 13.4. The number of rotatable bonds is 4. The summed E-state index contributed by atoms with van der Waals surface area (Å²) in [5.41, 5.74) is 2.00. The van der Waals surface area contributed by atoms with Gasteiger partial charge in [0.15, 0.2) is 11.6 Å². The normalized spacial score (nSPS) is 17.0. The first-order valence-electron chi connectivity index (χ1n) is 8.52. The summed E-state index contributed by atoms with van der Waals surface area (Å²) < 4.78 is 26.5. The van der Waals surface area contributed by atoms with Gasteiger partial charge in [0.2, 0.25) is 11.8 Å². The third kappa shape index (κ3) is 3.59. The van der Waals surface area contributed by atoms with Gasteiger partial charge in [0.05, 0.1) is 5.92 Å². The van der Waals surface area contributed by atoms with Crippen LogP contribution in [-0.4, -0.2) is 18.4 Å². The number of benzene rings is 2. The Bertz CT molecular complexity index is 851. The van der Waals surface area contributed by atoms with Gasteiger partial charge < -0.3 is 10.2 Å². The van der Waals surface area contributed by atoms with Crippen molar-refractivity contribution in [3.05, 3.63) is 59.7 Å². The van der Waals surface area contributed by atoms with Crippen molar-refractivity contribution in [1.29, 1.82) is 0 Å². The highest BCUT2D eigenvalue weighted by Gasteiger charge is 2.35. The van der Waals surface area contributed by atoms with E-state index in [1.165, 1.54) is 11.0 Å². The molecule has 1 saturated heterocycles. The van der Waals surface area contributed by atoms with Crippen molar-refractivity contribution in [1.82, 2.24) is 0 Å². The maximum Gasteiger partial charge on any atom is 0.229 e. The molecule has 2 aromatic carbocycles. The van der Waals surface area contributed by atoms with Crippen molar-refractivity contribution in [2.45, 2.75) is 26.2 Å². The van der Waals surface area contributed by atoms with Gasteiger partial charge in [-0.3, -0.25) is 9.59 Å². The van der Waals surface area contributed by atoms with Crippen molar-refractivity contribution in [2.75, 3.05) is 16.8 Å². The number of anilines is 2. The Morgan fingerprint density at radius 2 is 1.88 bits per heavy atom. The van der Waals surface area contributed by atoms with Gasteiger partial charge in [-0.15, -0.1) is 0 Å². The number of para-hydroxylation sites is 1. The van der Waals surface area contributed by atoms with E-state index in [-0.39, 0.29) is 36.4 Å². The molecule has 1 heterocycles. The standard InChI is InChI=1S/C20H20F2N2O2/c1-12(2)15-5-3-4-6-18(15)23-20(26)13-9-19(25)24(11-13)14-7-8-16(21)17(22)10-14/h3-8,10,12-13H,9,11H2,1-2H3,(H,23,26). The molecule has 26 heavy (non-hydrogen) atoms. The first-order chi connectivity index (χ1) is 12.4. The molecule has 0 bridgehead atoms. The smallest absolute Gasteiger partial charge is 0.229 e. The molecule has 1 fully saturated rings. The average molecular weight is 358 g/mol. The summed E-state index contributed by atoms with van der Waals surface area (Å²) >= 11 is 0. The number of carbonyl (C=O) groups excluding carboxylic acids is 2. The molecule has 6 heteroatoms. The molecule has 136 valence electrons. The number of nitrogens with zero attached hydrogens (tertiary/aromatic N) is 1.